The number of hydrogen-bond acceptors (Lipinski definition) is 2. The van der Waals surface area contributed by atoms with Gasteiger partial charge >= 0.3 is 0 Å². The summed E-state index contributed by atoms with van der Waals surface area (Å²) in [6.45, 7) is 2.57. The molecule has 1 fully saturated rings. The van der Waals surface area contributed by atoms with Crippen LogP contribution >= 0.6 is 11.6 Å². The Bertz CT molecular complexity index is 601. The summed E-state index contributed by atoms with van der Waals surface area (Å²) >= 11 is 6.47. The van der Waals surface area contributed by atoms with Crippen LogP contribution in [0, 0.1) is 0 Å². The summed E-state index contributed by atoms with van der Waals surface area (Å²) in [5.41, 5.74) is 3.40. The molecule has 1 saturated heterocycles. The van der Waals surface area contributed by atoms with Crippen LogP contribution in [0.2, 0.25) is 0 Å². The summed E-state index contributed by atoms with van der Waals surface area (Å²) in [6, 6.07) is 8.17. The molecule has 1 aliphatic carbocycles. The SMILES string of the molecule is O=C(C=CC1=C(Cl)c2ccccc2CC1)N1CCOCC1. The van der Waals surface area contributed by atoms with E-state index in [-0.39, 0.29) is 5.91 Å². The summed E-state index contributed by atoms with van der Waals surface area (Å²) in [5.74, 6) is 0.0362. The highest BCUT2D eigenvalue weighted by Gasteiger charge is 2.17. The number of amides is 1. The van der Waals surface area contributed by atoms with Gasteiger partial charge in [0.2, 0.25) is 5.91 Å². The zero-order valence-corrected chi connectivity index (χ0v) is 12.6. The van der Waals surface area contributed by atoms with Gasteiger partial charge in [-0.3, -0.25) is 4.79 Å². The molecule has 2 aliphatic rings. The van der Waals surface area contributed by atoms with Gasteiger partial charge in [-0.1, -0.05) is 41.9 Å². The van der Waals surface area contributed by atoms with Gasteiger partial charge in [0.15, 0.2) is 0 Å². The van der Waals surface area contributed by atoms with Gasteiger partial charge in [-0.25, -0.2) is 0 Å². The molecule has 0 N–H and O–H groups in total. The number of benzene rings is 1. The lowest BCUT2D eigenvalue weighted by Crippen LogP contribution is -2.39. The lowest BCUT2D eigenvalue weighted by molar-refractivity contribution is -0.129. The molecule has 1 aliphatic heterocycles. The largest absolute Gasteiger partial charge is 0.378 e. The van der Waals surface area contributed by atoms with Gasteiger partial charge in [0, 0.05) is 19.2 Å². The molecule has 3 rings (SSSR count). The van der Waals surface area contributed by atoms with Crippen LogP contribution in [0.15, 0.2) is 42.0 Å². The molecule has 110 valence electrons. The highest BCUT2D eigenvalue weighted by Crippen LogP contribution is 2.34. The molecule has 0 radical (unpaired) electrons. The minimum atomic E-state index is 0.0362. The molecule has 0 saturated carbocycles. The third kappa shape index (κ3) is 3.20. The maximum atomic E-state index is 12.1. The van der Waals surface area contributed by atoms with Crippen LogP contribution in [-0.2, 0) is 16.0 Å². The minimum Gasteiger partial charge on any atom is -0.378 e. The number of carbonyl (C=O) groups is 1. The van der Waals surface area contributed by atoms with Crippen molar-refractivity contribution >= 4 is 22.5 Å². The first-order chi connectivity index (χ1) is 10.3. The lowest BCUT2D eigenvalue weighted by Gasteiger charge is -2.25. The van der Waals surface area contributed by atoms with Gasteiger partial charge in [0.25, 0.3) is 0 Å². The van der Waals surface area contributed by atoms with E-state index >= 15 is 0 Å². The average Bonchev–Trinajstić information content (AvgIpc) is 2.55. The molecule has 1 amide bonds. The van der Waals surface area contributed by atoms with Gasteiger partial charge in [0.1, 0.15) is 0 Å². The first kappa shape index (κ1) is 14.4. The van der Waals surface area contributed by atoms with Crippen LogP contribution in [0.4, 0.5) is 0 Å². The van der Waals surface area contributed by atoms with E-state index < -0.39 is 0 Å². The Kier molecular flexibility index (Phi) is 4.42. The third-order valence-corrected chi connectivity index (χ3v) is 4.40. The standard InChI is InChI=1S/C17H18ClNO2/c18-17-14(6-5-13-3-1-2-4-15(13)17)7-8-16(20)19-9-11-21-12-10-19/h1-4,7-8H,5-6,9-12H2. The molecule has 1 heterocycles. The average molecular weight is 304 g/mol. The predicted octanol–water partition coefficient (Wildman–Crippen LogP) is 3.00. The highest BCUT2D eigenvalue weighted by atomic mass is 35.5. The van der Waals surface area contributed by atoms with Crippen molar-refractivity contribution in [1.29, 1.82) is 0 Å². The molecule has 0 atom stereocenters. The van der Waals surface area contributed by atoms with Crippen LogP contribution in [0.25, 0.3) is 5.03 Å². The number of carbonyl (C=O) groups excluding carboxylic acids is 1. The fourth-order valence-corrected chi connectivity index (χ4v) is 3.06. The highest BCUT2D eigenvalue weighted by molar-refractivity contribution is 6.49. The van der Waals surface area contributed by atoms with Crippen molar-refractivity contribution in [3.63, 3.8) is 0 Å². The van der Waals surface area contributed by atoms with E-state index in [2.05, 4.69) is 6.07 Å². The van der Waals surface area contributed by atoms with Crippen molar-refractivity contribution in [1.82, 2.24) is 4.90 Å². The van der Waals surface area contributed by atoms with Gasteiger partial charge in [-0.2, -0.15) is 0 Å². The van der Waals surface area contributed by atoms with E-state index in [1.807, 2.05) is 29.2 Å². The molecule has 0 spiro atoms. The molecule has 3 nitrogen and oxygen atoms in total. The van der Waals surface area contributed by atoms with Crippen molar-refractivity contribution in [2.24, 2.45) is 0 Å². The quantitative estimate of drug-likeness (QED) is 0.786. The van der Waals surface area contributed by atoms with E-state index in [1.54, 1.807) is 6.08 Å². The van der Waals surface area contributed by atoms with E-state index in [4.69, 9.17) is 16.3 Å². The fraction of sp³-hybridized carbons (Fsp3) is 0.353. The summed E-state index contributed by atoms with van der Waals surface area (Å²) in [7, 11) is 0. The first-order valence-electron chi connectivity index (χ1n) is 7.27. The Balaban J connectivity index is 1.75. The number of hydrogen-bond donors (Lipinski definition) is 0. The van der Waals surface area contributed by atoms with Gasteiger partial charge in [0.05, 0.1) is 18.2 Å². The first-order valence-corrected chi connectivity index (χ1v) is 7.65. The van der Waals surface area contributed by atoms with Crippen molar-refractivity contribution in [3.8, 4) is 0 Å². The predicted molar refractivity (Wildman–Crippen MR) is 84.1 cm³/mol. The molecule has 0 unspecified atom stereocenters. The number of allylic oxidation sites excluding steroid dienone is 2. The maximum absolute atomic E-state index is 12.1. The zero-order valence-electron chi connectivity index (χ0n) is 11.8. The molecular weight excluding hydrogens is 286 g/mol. The fourth-order valence-electron chi connectivity index (χ4n) is 2.72. The number of morpholine rings is 1. The monoisotopic (exact) mass is 303 g/mol. The van der Waals surface area contributed by atoms with Crippen molar-refractivity contribution in [2.75, 3.05) is 26.3 Å². The molecular formula is C17H18ClNO2. The Morgan fingerprint density at radius 1 is 1.19 bits per heavy atom. The molecule has 0 aromatic heterocycles. The second kappa shape index (κ2) is 6.46. The Hall–Kier alpha value is -1.58. The number of ether oxygens (including phenoxy) is 1. The molecule has 1 aromatic carbocycles. The van der Waals surface area contributed by atoms with Gasteiger partial charge < -0.3 is 9.64 Å². The number of halogens is 1. The van der Waals surface area contributed by atoms with Crippen LogP contribution in [0.5, 0.6) is 0 Å². The smallest absolute Gasteiger partial charge is 0.246 e. The van der Waals surface area contributed by atoms with E-state index in [0.29, 0.717) is 26.3 Å². The second-order valence-electron chi connectivity index (χ2n) is 5.27. The third-order valence-electron chi connectivity index (χ3n) is 3.95. The summed E-state index contributed by atoms with van der Waals surface area (Å²) in [4.78, 5) is 13.9. The molecule has 21 heavy (non-hydrogen) atoms. The van der Waals surface area contributed by atoms with Crippen molar-refractivity contribution < 1.29 is 9.53 Å². The molecule has 4 heteroatoms. The Morgan fingerprint density at radius 2 is 1.95 bits per heavy atom. The number of nitrogens with zero attached hydrogens (tertiary/aromatic N) is 1. The Labute approximate surface area is 129 Å². The zero-order chi connectivity index (χ0) is 14.7. The molecule has 1 aromatic rings. The number of aryl methyl sites for hydroxylation is 1. The summed E-state index contributed by atoms with van der Waals surface area (Å²) in [6.07, 6.45) is 5.35. The van der Waals surface area contributed by atoms with E-state index in [0.717, 1.165) is 29.0 Å². The van der Waals surface area contributed by atoms with E-state index in [9.17, 15) is 4.79 Å². The summed E-state index contributed by atoms with van der Waals surface area (Å²) in [5, 5.41) is 0.767. The minimum absolute atomic E-state index is 0.0362. The normalized spacial score (nSPS) is 19.0. The van der Waals surface area contributed by atoms with Crippen LogP contribution < -0.4 is 0 Å². The lowest BCUT2D eigenvalue weighted by atomic mass is 9.92. The van der Waals surface area contributed by atoms with Crippen LogP contribution in [0.3, 0.4) is 0 Å². The van der Waals surface area contributed by atoms with Crippen LogP contribution in [-0.4, -0.2) is 37.1 Å². The van der Waals surface area contributed by atoms with Gasteiger partial charge in [-0.05, 0) is 29.5 Å². The maximum Gasteiger partial charge on any atom is 0.246 e. The number of rotatable bonds is 2. The number of fused-ring (bicyclic) bond motifs is 1. The molecule has 0 bridgehead atoms. The topological polar surface area (TPSA) is 29.5 Å². The van der Waals surface area contributed by atoms with Crippen molar-refractivity contribution in [3.05, 3.63) is 53.1 Å². The van der Waals surface area contributed by atoms with Gasteiger partial charge in [-0.15, -0.1) is 0 Å². The Morgan fingerprint density at radius 3 is 2.76 bits per heavy atom. The van der Waals surface area contributed by atoms with E-state index in [1.165, 1.54) is 5.56 Å². The summed E-state index contributed by atoms with van der Waals surface area (Å²) < 4.78 is 5.25. The van der Waals surface area contributed by atoms with Crippen molar-refractivity contribution in [2.45, 2.75) is 12.8 Å². The van der Waals surface area contributed by atoms with Crippen LogP contribution in [0.1, 0.15) is 17.5 Å². The second-order valence-corrected chi connectivity index (χ2v) is 5.65.